The number of pyridine rings is 1. The number of hydrogen-bond acceptors (Lipinski definition) is 5. The predicted molar refractivity (Wildman–Crippen MR) is 116 cm³/mol. The molecule has 1 unspecified atom stereocenters. The van der Waals surface area contributed by atoms with Gasteiger partial charge in [-0.1, -0.05) is 6.92 Å². The molecule has 29 heavy (non-hydrogen) atoms. The second-order valence-electron chi connectivity index (χ2n) is 7.54. The van der Waals surface area contributed by atoms with Gasteiger partial charge < -0.3 is 20.4 Å². The highest BCUT2D eigenvalue weighted by molar-refractivity contribution is 6.05. The van der Waals surface area contributed by atoms with Crippen LogP contribution in [0.4, 0.5) is 11.4 Å². The van der Waals surface area contributed by atoms with Crippen molar-refractivity contribution >= 4 is 23.2 Å². The molecular formula is C22H29N5O2. The molecule has 1 aromatic carbocycles. The average molecular weight is 396 g/mol. The van der Waals surface area contributed by atoms with Crippen LogP contribution >= 0.6 is 0 Å². The molecule has 1 saturated heterocycles. The van der Waals surface area contributed by atoms with Crippen molar-refractivity contribution in [3.8, 4) is 0 Å². The smallest absolute Gasteiger partial charge is 0.257 e. The molecule has 1 aliphatic rings. The minimum absolute atomic E-state index is 0.0683. The van der Waals surface area contributed by atoms with Gasteiger partial charge in [-0.05, 0) is 50.7 Å². The zero-order valence-corrected chi connectivity index (χ0v) is 17.3. The Bertz CT molecular complexity index is 845. The fraction of sp³-hybridized carbons (Fsp3) is 0.409. The van der Waals surface area contributed by atoms with Crippen molar-refractivity contribution in [3.63, 3.8) is 0 Å². The first-order valence-electron chi connectivity index (χ1n) is 10.1. The van der Waals surface area contributed by atoms with Crippen LogP contribution in [0.5, 0.6) is 0 Å². The number of rotatable bonds is 6. The molecule has 2 aromatic rings. The lowest BCUT2D eigenvalue weighted by Crippen LogP contribution is -2.44. The third-order valence-corrected chi connectivity index (χ3v) is 5.25. The first-order chi connectivity index (χ1) is 14.0. The molecule has 0 aliphatic carbocycles. The largest absolute Gasteiger partial charge is 0.369 e. The quantitative estimate of drug-likeness (QED) is 0.786. The molecule has 3 rings (SSSR count). The number of carbonyl (C=O) groups is 2. The van der Waals surface area contributed by atoms with E-state index < -0.39 is 0 Å². The average Bonchev–Trinajstić information content (AvgIpc) is 2.75. The van der Waals surface area contributed by atoms with Crippen LogP contribution in [-0.4, -0.2) is 61.0 Å². The summed E-state index contributed by atoms with van der Waals surface area (Å²) in [6, 6.07) is 9.48. The second kappa shape index (κ2) is 9.52. The van der Waals surface area contributed by atoms with Crippen molar-refractivity contribution in [2.75, 3.05) is 43.4 Å². The van der Waals surface area contributed by atoms with Crippen LogP contribution in [0.25, 0.3) is 0 Å². The molecule has 0 bridgehead atoms. The molecule has 2 N–H and O–H groups in total. The topological polar surface area (TPSA) is 77.6 Å². The van der Waals surface area contributed by atoms with E-state index in [1.54, 1.807) is 6.07 Å². The Morgan fingerprint density at radius 1 is 1.03 bits per heavy atom. The van der Waals surface area contributed by atoms with Gasteiger partial charge in [-0.15, -0.1) is 0 Å². The van der Waals surface area contributed by atoms with E-state index in [2.05, 4.69) is 32.5 Å². The molecule has 1 aromatic heterocycles. The Morgan fingerprint density at radius 3 is 2.28 bits per heavy atom. The molecule has 154 valence electrons. The Morgan fingerprint density at radius 2 is 1.66 bits per heavy atom. The molecule has 0 saturated carbocycles. The Labute approximate surface area is 172 Å². The van der Waals surface area contributed by atoms with Crippen LogP contribution in [-0.2, 0) is 0 Å². The number of nitrogens with zero attached hydrogens (tertiary/aromatic N) is 3. The summed E-state index contributed by atoms with van der Waals surface area (Å²) in [7, 11) is 2.13. The van der Waals surface area contributed by atoms with Crippen molar-refractivity contribution in [3.05, 3.63) is 53.9 Å². The zero-order chi connectivity index (χ0) is 20.8. The van der Waals surface area contributed by atoms with Gasteiger partial charge in [0.2, 0.25) is 0 Å². The maximum atomic E-state index is 12.6. The standard InChI is InChI=1S/C22H29N5O2/c1-4-16(2)24-21(28)17-13-18(15-23-14-17)22(29)25-19-5-7-20(8-6-19)27-11-9-26(3)10-12-27/h5-8,13-16H,4,9-12H2,1-3H3,(H,24,28)(H,25,29). The second-order valence-corrected chi connectivity index (χ2v) is 7.54. The molecule has 1 aliphatic heterocycles. The Balaban J connectivity index is 1.63. The van der Waals surface area contributed by atoms with Crippen molar-refractivity contribution in [1.29, 1.82) is 0 Å². The van der Waals surface area contributed by atoms with Gasteiger partial charge in [0, 0.05) is 56.0 Å². The van der Waals surface area contributed by atoms with E-state index in [4.69, 9.17) is 0 Å². The molecule has 7 nitrogen and oxygen atoms in total. The van der Waals surface area contributed by atoms with E-state index in [-0.39, 0.29) is 17.9 Å². The third-order valence-electron chi connectivity index (χ3n) is 5.25. The van der Waals surface area contributed by atoms with Gasteiger partial charge in [-0.2, -0.15) is 0 Å². The summed E-state index contributed by atoms with van der Waals surface area (Å²) in [6.45, 7) is 8.04. The maximum absolute atomic E-state index is 12.6. The van der Waals surface area contributed by atoms with Crippen molar-refractivity contribution in [2.24, 2.45) is 0 Å². The van der Waals surface area contributed by atoms with Gasteiger partial charge >= 0.3 is 0 Å². The van der Waals surface area contributed by atoms with E-state index >= 15 is 0 Å². The van der Waals surface area contributed by atoms with Gasteiger partial charge in [0.25, 0.3) is 11.8 Å². The minimum Gasteiger partial charge on any atom is -0.369 e. The summed E-state index contributed by atoms with van der Waals surface area (Å²) in [5.74, 6) is -0.513. The van der Waals surface area contributed by atoms with E-state index in [1.165, 1.54) is 12.4 Å². The zero-order valence-electron chi connectivity index (χ0n) is 17.3. The molecule has 0 spiro atoms. The number of nitrogens with one attached hydrogen (secondary N) is 2. The summed E-state index contributed by atoms with van der Waals surface area (Å²) < 4.78 is 0. The van der Waals surface area contributed by atoms with Crippen LogP contribution in [0.15, 0.2) is 42.7 Å². The third kappa shape index (κ3) is 5.54. The Hall–Kier alpha value is -2.93. The monoisotopic (exact) mass is 395 g/mol. The van der Waals surface area contributed by atoms with E-state index in [0.717, 1.165) is 38.3 Å². The van der Waals surface area contributed by atoms with Crippen molar-refractivity contribution in [2.45, 2.75) is 26.3 Å². The number of anilines is 2. The van der Waals surface area contributed by atoms with E-state index in [0.29, 0.717) is 16.8 Å². The summed E-state index contributed by atoms with van der Waals surface area (Å²) in [5.41, 5.74) is 2.59. The molecule has 2 heterocycles. The Kier molecular flexibility index (Phi) is 6.82. The van der Waals surface area contributed by atoms with Gasteiger partial charge in [-0.3, -0.25) is 14.6 Å². The van der Waals surface area contributed by atoms with Crippen LogP contribution in [0.2, 0.25) is 0 Å². The van der Waals surface area contributed by atoms with Gasteiger partial charge in [0.05, 0.1) is 11.1 Å². The number of piperazine rings is 1. The predicted octanol–water partition coefficient (Wildman–Crippen LogP) is 2.61. The fourth-order valence-electron chi connectivity index (χ4n) is 3.12. The van der Waals surface area contributed by atoms with Gasteiger partial charge in [0.15, 0.2) is 0 Å². The van der Waals surface area contributed by atoms with Gasteiger partial charge in [0.1, 0.15) is 0 Å². The highest BCUT2D eigenvalue weighted by Gasteiger charge is 2.15. The number of likely N-dealkylation sites (N-methyl/N-ethyl adjacent to an activating group) is 1. The fourth-order valence-corrected chi connectivity index (χ4v) is 3.12. The first kappa shape index (κ1) is 20.8. The number of amides is 2. The van der Waals surface area contributed by atoms with E-state index in [1.807, 2.05) is 38.1 Å². The SMILES string of the molecule is CCC(C)NC(=O)c1cncc(C(=O)Nc2ccc(N3CCN(C)CC3)cc2)c1. The van der Waals surface area contributed by atoms with Crippen molar-refractivity contribution < 1.29 is 9.59 Å². The summed E-state index contributed by atoms with van der Waals surface area (Å²) in [6.07, 6.45) is 3.77. The van der Waals surface area contributed by atoms with Crippen LogP contribution in [0.1, 0.15) is 41.0 Å². The highest BCUT2D eigenvalue weighted by Crippen LogP contribution is 2.20. The lowest BCUT2D eigenvalue weighted by molar-refractivity contribution is 0.0939. The number of aromatic nitrogens is 1. The minimum atomic E-state index is -0.289. The molecular weight excluding hydrogens is 366 g/mol. The van der Waals surface area contributed by atoms with Crippen LogP contribution in [0.3, 0.4) is 0 Å². The highest BCUT2D eigenvalue weighted by atomic mass is 16.2. The van der Waals surface area contributed by atoms with Crippen LogP contribution < -0.4 is 15.5 Å². The van der Waals surface area contributed by atoms with Crippen molar-refractivity contribution in [1.82, 2.24) is 15.2 Å². The number of hydrogen-bond donors (Lipinski definition) is 2. The lowest BCUT2D eigenvalue weighted by Gasteiger charge is -2.34. The van der Waals surface area contributed by atoms with E-state index in [9.17, 15) is 9.59 Å². The van der Waals surface area contributed by atoms with Gasteiger partial charge in [-0.25, -0.2) is 0 Å². The summed E-state index contributed by atoms with van der Waals surface area (Å²) in [5, 5.41) is 5.76. The maximum Gasteiger partial charge on any atom is 0.257 e. The molecule has 0 radical (unpaired) electrons. The molecule has 2 amide bonds. The van der Waals surface area contributed by atoms with Crippen LogP contribution in [0, 0.1) is 0 Å². The molecule has 7 heteroatoms. The normalized spacial score (nSPS) is 15.6. The number of carbonyl (C=O) groups excluding carboxylic acids is 2. The molecule has 1 fully saturated rings. The number of benzene rings is 1. The lowest BCUT2D eigenvalue weighted by atomic mass is 10.1. The first-order valence-corrected chi connectivity index (χ1v) is 10.1. The summed E-state index contributed by atoms with van der Waals surface area (Å²) >= 11 is 0. The summed E-state index contributed by atoms with van der Waals surface area (Å²) in [4.78, 5) is 33.6. The molecule has 1 atom stereocenters.